The van der Waals surface area contributed by atoms with E-state index < -0.39 is 18.8 Å². The predicted octanol–water partition coefficient (Wildman–Crippen LogP) is 0.0763. The van der Waals surface area contributed by atoms with Crippen LogP contribution in [0.1, 0.15) is 36.7 Å². The van der Waals surface area contributed by atoms with Crippen LogP contribution in [0.4, 0.5) is 4.39 Å². The largest absolute Gasteiger partial charge is 0.491 e. The summed E-state index contributed by atoms with van der Waals surface area (Å²) in [5.74, 6) is -1.21. The van der Waals surface area contributed by atoms with Crippen molar-refractivity contribution in [3.63, 3.8) is 0 Å². The van der Waals surface area contributed by atoms with Gasteiger partial charge in [0.1, 0.15) is 5.82 Å². The number of nitrogens with one attached hydrogen (secondary N) is 2. The van der Waals surface area contributed by atoms with Crippen molar-refractivity contribution < 1.29 is 18.9 Å². The molecule has 1 aliphatic heterocycles. The molecule has 0 aromatic heterocycles. The van der Waals surface area contributed by atoms with E-state index in [-0.39, 0.29) is 23.3 Å². The van der Waals surface area contributed by atoms with E-state index in [2.05, 4.69) is 10.9 Å². The maximum atomic E-state index is 14.1. The molecular formula is C12H16BFN2O3. The minimum atomic E-state index is -1.12. The number of benzene rings is 1. The van der Waals surface area contributed by atoms with Gasteiger partial charge in [0.25, 0.3) is 5.91 Å². The van der Waals surface area contributed by atoms with Gasteiger partial charge in [0.15, 0.2) is 0 Å². The molecule has 1 amide bonds. The van der Waals surface area contributed by atoms with Crippen LogP contribution in [0, 0.1) is 5.82 Å². The molecule has 1 aromatic carbocycles. The molecule has 7 heteroatoms. The van der Waals surface area contributed by atoms with Crippen LogP contribution in [0.5, 0.6) is 0 Å². The lowest BCUT2D eigenvalue weighted by molar-refractivity contribution is 0.0910. The topological polar surface area (TPSA) is 70.6 Å². The van der Waals surface area contributed by atoms with E-state index in [9.17, 15) is 14.2 Å². The molecule has 0 saturated carbocycles. The lowest BCUT2D eigenvalue weighted by atomic mass is 9.79. The normalized spacial score (nSPS) is 14.5. The molecule has 0 fully saturated rings. The highest BCUT2D eigenvalue weighted by Gasteiger charge is 2.31. The second kappa shape index (κ2) is 4.92. The van der Waals surface area contributed by atoms with Crippen molar-refractivity contribution in [1.29, 1.82) is 0 Å². The SMILES string of the molecule is CC(C)(C)NNC(=O)c1ccc2c(c1F)COB2O. The molecule has 2 rings (SSSR count). The van der Waals surface area contributed by atoms with Crippen molar-refractivity contribution in [3.8, 4) is 0 Å². The van der Waals surface area contributed by atoms with Crippen LogP contribution in [-0.4, -0.2) is 23.6 Å². The van der Waals surface area contributed by atoms with Gasteiger partial charge in [-0.15, -0.1) is 0 Å². The van der Waals surface area contributed by atoms with Crippen molar-refractivity contribution in [2.75, 3.05) is 0 Å². The van der Waals surface area contributed by atoms with Crippen molar-refractivity contribution >= 4 is 18.5 Å². The monoisotopic (exact) mass is 266 g/mol. The first kappa shape index (κ1) is 14.0. The predicted molar refractivity (Wildman–Crippen MR) is 69.2 cm³/mol. The molecule has 19 heavy (non-hydrogen) atoms. The third-order valence-electron chi connectivity index (χ3n) is 2.73. The number of hydrogen-bond donors (Lipinski definition) is 3. The zero-order valence-electron chi connectivity index (χ0n) is 11.1. The Morgan fingerprint density at radius 1 is 1.47 bits per heavy atom. The fraction of sp³-hybridized carbons (Fsp3) is 0.417. The maximum Gasteiger partial charge on any atom is 0.491 e. The van der Waals surface area contributed by atoms with E-state index in [4.69, 9.17) is 4.65 Å². The fourth-order valence-electron chi connectivity index (χ4n) is 1.75. The van der Waals surface area contributed by atoms with Gasteiger partial charge in [0, 0.05) is 11.1 Å². The Morgan fingerprint density at radius 3 is 2.79 bits per heavy atom. The highest BCUT2D eigenvalue weighted by Crippen LogP contribution is 2.17. The number of carbonyl (C=O) groups excluding carboxylic acids is 1. The molecule has 0 spiro atoms. The molecule has 1 heterocycles. The molecule has 0 radical (unpaired) electrons. The summed E-state index contributed by atoms with van der Waals surface area (Å²) in [6, 6.07) is 2.84. The number of hydrogen-bond acceptors (Lipinski definition) is 4. The molecule has 1 aliphatic rings. The van der Waals surface area contributed by atoms with Gasteiger partial charge in [-0.1, -0.05) is 6.07 Å². The smallest absolute Gasteiger partial charge is 0.423 e. The number of halogens is 1. The van der Waals surface area contributed by atoms with Crippen molar-refractivity contribution in [1.82, 2.24) is 10.9 Å². The zero-order chi connectivity index (χ0) is 14.2. The van der Waals surface area contributed by atoms with Gasteiger partial charge in [-0.05, 0) is 32.3 Å². The first-order chi connectivity index (χ1) is 8.79. The van der Waals surface area contributed by atoms with Crippen molar-refractivity contribution in [3.05, 3.63) is 29.1 Å². The van der Waals surface area contributed by atoms with Crippen molar-refractivity contribution in [2.45, 2.75) is 32.9 Å². The number of hydrazine groups is 1. The second-order valence-corrected chi connectivity index (χ2v) is 5.49. The lowest BCUT2D eigenvalue weighted by Gasteiger charge is -2.21. The first-order valence-corrected chi connectivity index (χ1v) is 5.98. The van der Waals surface area contributed by atoms with E-state index in [1.54, 1.807) is 0 Å². The Hall–Kier alpha value is -1.44. The van der Waals surface area contributed by atoms with E-state index in [0.29, 0.717) is 5.46 Å². The molecular weight excluding hydrogens is 250 g/mol. The molecule has 1 aromatic rings. The summed E-state index contributed by atoms with van der Waals surface area (Å²) in [5, 5.41) is 9.44. The van der Waals surface area contributed by atoms with Gasteiger partial charge in [0.05, 0.1) is 12.2 Å². The molecule has 0 unspecified atom stereocenters. The number of rotatable bonds is 2. The average molecular weight is 266 g/mol. The van der Waals surface area contributed by atoms with Gasteiger partial charge < -0.3 is 9.68 Å². The second-order valence-electron chi connectivity index (χ2n) is 5.49. The number of carbonyl (C=O) groups is 1. The van der Waals surface area contributed by atoms with E-state index >= 15 is 0 Å². The van der Waals surface area contributed by atoms with Gasteiger partial charge in [-0.3, -0.25) is 10.2 Å². The highest BCUT2D eigenvalue weighted by molar-refractivity contribution is 6.61. The van der Waals surface area contributed by atoms with Gasteiger partial charge >= 0.3 is 7.12 Å². The Labute approximate surface area is 111 Å². The highest BCUT2D eigenvalue weighted by atomic mass is 19.1. The number of amides is 1. The summed E-state index contributed by atoms with van der Waals surface area (Å²) >= 11 is 0. The number of fused-ring (bicyclic) bond motifs is 1. The zero-order valence-corrected chi connectivity index (χ0v) is 11.1. The molecule has 3 N–H and O–H groups in total. The minimum absolute atomic E-state index is 0.0316. The minimum Gasteiger partial charge on any atom is -0.423 e. The quantitative estimate of drug-likeness (QED) is 0.523. The standard InChI is InChI=1S/C12H16BFN2O3/c1-12(2,3)16-15-11(17)7-4-5-9-8(10(7)14)6-19-13(9)18/h4-5,16,18H,6H2,1-3H3,(H,15,17). The van der Waals surface area contributed by atoms with Crippen LogP contribution < -0.4 is 16.3 Å². The third-order valence-corrected chi connectivity index (χ3v) is 2.73. The Bertz CT molecular complexity index is 516. The summed E-state index contributed by atoms with van der Waals surface area (Å²) in [4.78, 5) is 11.9. The molecule has 0 bridgehead atoms. The maximum absolute atomic E-state index is 14.1. The van der Waals surface area contributed by atoms with Crippen LogP contribution in [-0.2, 0) is 11.3 Å². The Kier molecular flexibility index (Phi) is 3.62. The summed E-state index contributed by atoms with van der Waals surface area (Å²) in [7, 11) is -1.12. The molecule has 0 atom stereocenters. The third kappa shape index (κ3) is 2.94. The van der Waals surface area contributed by atoms with E-state index in [0.717, 1.165) is 0 Å². The van der Waals surface area contributed by atoms with E-state index in [1.165, 1.54) is 12.1 Å². The molecule has 0 aliphatic carbocycles. The Morgan fingerprint density at radius 2 is 2.16 bits per heavy atom. The lowest BCUT2D eigenvalue weighted by Crippen LogP contribution is -2.49. The van der Waals surface area contributed by atoms with Crippen LogP contribution >= 0.6 is 0 Å². The summed E-state index contributed by atoms with van der Waals surface area (Å²) in [5.41, 5.74) is 5.44. The van der Waals surface area contributed by atoms with Crippen LogP contribution in [0.25, 0.3) is 0 Å². The summed E-state index contributed by atoms with van der Waals surface area (Å²) in [6.07, 6.45) is 0. The van der Waals surface area contributed by atoms with Crippen LogP contribution in [0.2, 0.25) is 0 Å². The fourth-order valence-corrected chi connectivity index (χ4v) is 1.75. The Balaban J connectivity index is 2.20. The summed E-state index contributed by atoms with van der Waals surface area (Å²) < 4.78 is 19.1. The molecule has 0 saturated heterocycles. The van der Waals surface area contributed by atoms with Crippen LogP contribution in [0.3, 0.4) is 0 Å². The van der Waals surface area contributed by atoms with Gasteiger partial charge in [-0.2, -0.15) is 0 Å². The van der Waals surface area contributed by atoms with E-state index in [1.807, 2.05) is 20.8 Å². The van der Waals surface area contributed by atoms with Crippen LogP contribution in [0.15, 0.2) is 12.1 Å². The van der Waals surface area contributed by atoms with Gasteiger partial charge in [-0.25, -0.2) is 9.82 Å². The van der Waals surface area contributed by atoms with Gasteiger partial charge in [0.2, 0.25) is 0 Å². The molecule has 5 nitrogen and oxygen atoms in total. The van der Waals surface area contributed by atoms with Crippen molar-refractivity contribution in [2.24, 2.45) is 0 Å². The first-order valence-electron chi connectivity index (χ1n) is 5.98. The average Bonchev–Trinajstić information content (AvgIpc) is 2.69. The summed E-state index contributed by atoms with van der Waals surface area (Å²) in [6.45, 7) is 5.58. The molecule has 102 valence electrons.